The van der Waals surface area contributed by atoms with E-state index in [1.54, 1.807) is 31.2 Å². The molecule has 0 radical (unpaired) electrons. The van der Waals surface area contributed by atoms with E-state index in [2.05, 4.69) is 10.6 Å². The number of carbonyl (C=O) groups is 3. The third-order valence-corrected chi connectivity index (χ3v) is 6.27. The predicted molar refractivity (Wildman–Crippen MR) is 144 cm³/mol. The average molecular weight is 552 g/mol. The Morgan fingerprint density at radius 2 is 1.68 bits per heavy atom. The van der Waals surface area contributed by atoms with Crippen LogP contribution in [0.15, 0.2) is 84.4 Å². The maximum atomic E-state index is 13.3. The zero-order valence-corrected chi connectivity index (χ0v) is 21.9. The van der Waals surface area contributed by atoms with E-state index in [9.17, 15) is 27.6 Å². The number of halogens is 3. The number of ether oxygens (including phenoxy) is 1. The summed E-state index contributed by atoms with van der Waals surface area (Å²) in [6, 6.07) is 18.4. The molecule has 40 heavy (non-hydrogen) atoms. The molecule has 0 saturated heterocycles. The standard InChI is InChI=1S/C30H28F3N3O4/c1-3-17-36-26(20-9-6-5-7-10-20)24(28(38)40-4-2)25(35-29(36)39)19-13-15-23(16-14-19)34-27(37)21-11-8-12-22(18-21)30(31,32)33/h5-16,18,25H,3-4,17H2,1-2H3,(H,34,37)(H,35,39). The van der Waals surface area contributed by atoms with E-state index in [4.69, 9.17) is 4.74 Å². The number of anilines is 1. The Balaban J connectivity index is 1.69. The maximum Gasteiger partial charge on any atom is 0.416 e. The Hall–Kier alpha value is -4.60. The molecular formula is C30H28F3N3O4. The summed E-state index contributed by atoms with van der Waals surface area (Å²) in [5.41, 5.74) is 1.22. The molecule has 208 valence electrons. The van der Waals surface area contributed by atoms with Crippen LogP contribution in [0.5, 0.6) is 0 Å². The number of hydrogen-bond acceptors (Lipinski definition) is 4. The molecule has 4 rings (SSSR count). The number of benzene rings is 3. The number of nitrogens with zero attached hydrogens (tertiary/aromatic N) is 1. The van der Waals surface area contributed by atoms with Gasteiger partial charge in [0.25, 0.3) is 5.91 Å². The molecular weight excluding hydrogens is 523 g/mol. The van der Waals surface area contributed by atoms with Gasteiger partial charge in [0.15, 0.2) is 0 Å². The van der Waals surface area contributed by atoms with E-state index in [-0.39, 0.29) is 23.8 Å². The van der Waals surface area contributed by atoms with Gasteiger partial charge in [-0.2, -0.15) is 13.2 Å². The summed E-state index contributed by atoms with van der Waals surface area (Å²) in [5.74, 6) is -1.28. The Morgan fingerprint density at radius 1 is 0.975 bits per heavy atom. The molecule has 3 amide bonds. The van der Waals surface area contributed by atoms with Crippen LogP contribution in [-0.4, -0.2) is 36.0 Å². The Bertz CT molecular complexity index is 1420. The first-order chi connectivity index (χ1) is 19.1. The van der Waals surface area contributed by atoms with Gasteiger partial charge in [-0.1, -0.05) is 55.5 Å². The Labute approximate surface area is 229 Å². The molecule has 1 heterocycles. The molecule has 1 aliphatic heterocycles. The second-order valence-corrected chi connectivity index (χ2v) is 9.04. The summed E-state index contributed by atoms with van der Waals surface area (Å²) < 4.78 is 44.5. The smallest absolute Gasteiger partial charge is 0.416 e. The fourth-order valence-electron chi connectivity index (χ4n) is 4.47. The second kappa shape index (κ2) is 12.1. The number of rotatable bonds is 8. The van der Waals surface area contributed by atoms with Crippen LogP contribution in [0.3, 0.4) is 0 Å². The second-order valence-electron chi connectivity index (χ2n) is 9.04. The molecule has 0 bridgehead atoms. The molecule has 1 atom stereocenters. The number of alkyl halides is 3. The first-order valence-electron chi connectivity index (χ1n) is 12.8. The van der Waals surface area contributed by atoms with Gasteiger partial charge in [0.2, 0.25) is 0 Å². The molecule has 1 aliphatic rings. The highest BCUT2D eigenvalue weighted by Crippen LogP contribution is 2.37. The van der Waals surface area contributed by atoms with Crippen molar-refractivity contribution in [2.24, 2.45) is 0 Å². The summed E-state index contributed by atoms with van der Waals surface area (Å²) in [6.45, 7) is 4.15. The van der Waals surface area contributed by atoms with Crippen LogP contribution in [0, 0.1) is 0 Å². The van der Waals surface area contributed by atoms with Crippen molar-refractivity contribution < 1.29 is 32.3 Å². The van der Waals surface area contributed by atoms with Crippen molar-refractivity contribution in [2.45, 2.75) is 32.5 Å². The molecule has 0 spiro atoms. The van der Waals surface area contributed by atoms with Crippen molar-refractivity contribution in [1.29, 1.82) is 0 Å². The topological polar surface area (TPSA) is 87.7 Å². The van der Waals surface area contributed by atoms with Crippen molar-refractivity contribution in [1.82, 2.24) is 10.2 Å². The quantitative estimate of drug-likeness (QED) is 0.317. The lowest BCUT2D eigenvalue weighted by Gasteiger charge is -2.36. The summed E-state index contributed by atoms with van der Waals surface area (Å²) in [7, 11) is 0. The number of hydrogen-bond donors (Lipinski definition) is 2. The molecule has 7 nitrogen and oxygen atoms in total. The molecule has 1 unspecified atom stereocenters. The molecule has 10 heteroatoms. The van der Waals surface area contributed by atoms with Crippen molar-refractivity contribution in [3.8, 4) is 0 Å². The first kappa shape index (κ1) is 28.4. The average Bonchev–Trinajstić information content (AvgIpc) is 2.94. The lowest BCUT2D eigenvalue weighted by atomic mass is 9.91. The monoisotopic (exact) mass is 551 g/mol. The van der Waals surface area contributed by atoms with Crippen LogP contribution >= 0.6 is 0 Å². The zero-order valence-electron chi connectivity index (χ0n) is 21.9. The molecule has 0 fully saturated rings. The van der Waals surface area contributed by atoms with E-state index in [0.29, 0.717) is 35.5 Å². The van der Waals surface area contributed by atoms with Gasteiger partial charge in [-0.15, -0.1) is 0 Å². The highest BCUT2D eigenvalue weighted by atomic mass is 19.4. The summed E-state index contributed by atoms with van der Waals surface area (Å²) in [4.78, 5) is 40.7. The van der Waals surface area contributed by atoms with Gasteiger partial charge in [0.1, 0.15) is 0 Å². The molecule has 0 aliphatic carbocycles. The fraction of sp³-hybridized carbons (Fsp3) is 0.233. The van der Waals surface area contributed by atoms with Crippen LogP contribution in [-0.2, 0) is 15.7 Å². The molecule has 2 N–H and O–H groups in total. The van der Waals surface area contributed by atoms with Crippen molar-refractivity contribution >= 4 is 29.3 Å². The van der Waals surface area contributed by atoms with Crippen LogP contribution in [0.4, 0.5) is 23.7 Å². The summed E-state index contributed by atoms with van der Waals surface area (Å²) in [6.07, 6.45) is -3.91. The van der Waals surface area contributed by atoms with Crippen molar-refractivity contribution in [3.63, 3.8) is 0 Å². The highest BCUT2D eigenvalue weighted by molar-refractivity contribution is 6.05. The van der Waals surface area contributed by atoms with Crippen molar-refractivity contribution in [3.05, 3.63) is 107 Å². The lowest BCUT2D eigenvalue weighted by Crippen LogP contribution is -2.48. The number of amides is 3. The summed E-state index contributed by atoms with van der Waals surface area (Å²) >= 11 is 0. The van der Waals surface area contributed by atoms with Crippen LogP contribution in [0.1, 0.15) is 53.4 Å². The highest BCUT2D eigenvalue weighted by Gasteiger charge is 2.38. The van der Waals surface area contributed by atoms with Gasteiger partial charge < -0.3 is 15.4 Å². The summed E-state index contributed by atoms with van der Waals surface area (Å²) in [5, 5.41) is 5.48. The van der Waals surface area contributed by atoms with Gasteiger partial charge in [-0.25, -0.2) is 9.59 Å². The third kappa shape index (κ3) is 6.17. The van der Waals surface area contributed by atoms with Gasteiger partial charge in [0, 0.05) is 17.8 Å². The minimum Gasteiger partial charge on any atom is -0.463 e. The molecule has 3 aromatic rings. The minimum atomic E-state index is -4.57. The maximum absolute atomic E-state index is 13.3. The van der Waals surface area contributed by atoms with Crippen LogP contribution < -0.4 is 10.6 Å². The van der Waals surface area contributed by atoms with E-state index in [1.165, 1.54) is 17.0 Å². The Morgan fingerprint density at radius 3 is 2.30 bits per heavy atom. The fourth-order valence-corrected chi connectivity index (χ4v) is 4.47. The van der Waals surface area contributed by atoms with Gasteiger partial charge in [-0.3, -0.25) is 9.69 Å². The van der Waals surface area contributed by atoms with Crippen LogP contribution in [0.2, 0.25) is 0 Å². The van der Waals surface area contributed by atoms with Crippen LogP contribution in [0.25, 0.3) is 5.70 Å². The van der Waals surface area contributed by atoms with E-state index < -0.39 is 29.7 Å². The number of esters is 1. The zero-order chi connectivity index (χ0) is 28.9. The van der Waals surface area contributed by atoms with Crippen molar-refractivity contribution in [2.75, 3.05) is 18.5 Å². The molecule has 0 aromatic heterocycles. The van der Waals surface area contributed by atoms with Gasteiger partial charge in [-0.05, 0) is 54.8 Å². The lowest BCUT2D eigenvalue weighted by molar-refractivity contribution is -0.139. The van der Waals surface area contributed by atoms with E-state index in [1.807, 2.05) is 37.3 Å². The Kier molecular flexibility index (Phi) is 8.57. The third-order valence-electron chi connectivity index (χ3n) is 6.27. The van der Waals surface area contributed by atoms with E-state index >= 15 is 0 Å². The number of carbonyl (C=O) groups excluding carboxylic acids is 3. The van der Waals surface area contributed by atoms with Gasteiger partial charge in [0.05, 0.1) is 29.5 Å². The molecule has 3 aromatic carbocycles. The molecule has 0 saturated carbocycles. The number of nitrogens with one attached hydrogen (secondary N) is 2. The normalized spacial score (nSPS) is 15.5. The largest absolute Gasteiger partial charge is 0.463 e. The predicted octanol–water partition coefficient (Wildman–Crippen LogP) is 6.41. The first-order valence-corrected chi connectivity index (χ1v) is 12.8. The number of urea groups is 1. The SMILES string of the molecule is CCCN1C(=O)NC(c2ccc(NC(=O)c3cccc(C(F)(F)F)c3)cc2)C(C(=O)OCC)=C1c1ccccc1. The minimum absolute atomic E-state index is 0.138. The van der Waals surface area contributed by atoms with Gasteiger partial charge >= 0.3 is 18.2 Å². The van der Waals surface area contributed by atoms with E-state index in [0.717, 1.165) is 12.1 Å².